The summed E-state index contributed by atoms with van der Waals surface area (Å²) in [7, 11) is 1.85. The van der Waals surface area contributed by atoms with E-state index in [2.05, 4.69) is 20.4 Å². The highest BCUT2D eigenvalue weighted by Crippen LogP contribution is 2.32. The minimum Gasteiger partial charge on any atom is -0.396 e. The lowest BCUT2D eigenvalue weighted by Crippen LogP contribution is -2.12. The van der Waals surface area contributed by atoms with Crippen LogP contribution in [0.3, 0.4) is 0 Å². The van der Waals surface area contributed by atoms with Crippen molar-refractivity contribution in [2.75, 3.05) is 18.5 Å². The van der Waals surface area contributed by atoms with E-state index >= 15 is 0 Å². The van der Waals surface area contributed by atoms with Crippen molar-refractivity contribution in [3.63, 3.8) is 0 Å². The average molecular weight is 490 g/mol. The van der Waals surface area contributed by atoms with Gasteiger partial charge in [0.1, 0.15) is 0 Å². The summed E-state index contributed by atoms with van der Waals surface area (Å²) in [5, 5.41) is 17.4. The van der Waals surface area contributed by atoms with Crippen molar-refractivity contribution in [1.82, 2.24) is 19.7 Å². The third-order valence-corrected chi connectivity index (χ3v) is 7.45. The Morgan fingerprint density at radius 2 is 2.20 bits per heavy atom. The molecule has 0 amide bonds. The number of aromatic nitrogens is 4. The van der Waals surface area contributed by atoms with Gasteiger partial charge < -0.3 is 15.2 Å². The Hall–Kier alpha value is -3.40. The fourth-order valence-corrected chi connectivity index (χ4v) is 5.47. The van der Waals surface area contributed by atoms with Gasteiger partial charge in [-0.05, 0) is 41.8 Å². The van der Waals surface area contributed by atoms with E-state index in [1.165, 1.54) is 4.88 Å². The SMILES string of the molecule is Cc1cc(-c2ccnc(Nc3cnn(C)c3)n2)ccc1C(CO)CC(=O)c1cc2c(s1)CCOC2. The van der Waals surface area contributed by atoms with E-state index in [0.717, 1.165) is 44.9 Å². The van der Waals surface area contributed by atoms with Gasteiger partial charge in [-0.1, -0.05) is 12.1 Å². The molecule has 0 saturated heterocycles. The van der Waals surface area contributed by atoms with Crippen LogP contribution in [0.4, 0.5) is 11.6 Å². The number of fused-ring (bicyclic) bond motifs is 1. The molecular formula is C26H27N5O3S. The Balaban J connectivity index is 1.32. The second-order valence-electron chi connectivity index (χ2n) is 8.73. The molecule has 5 rings (SSSR count). The second kappa shape index (κ2) is 10.1. The molecule has 1 aliphatic heterocycles. The first kappa shape index (κ1) is 23.3. The highest BCUT2D eigenvalue weighted by atomic mass is 32.1. The van der Waals surface area contributed by atoms with Crippen molar-refractivity contribution in [2.24, 2.45) is 7.05 Å². The molecule has 0 aliphatic carbocycles. The molecule has 1 atom stereocenters. The van der Waals surface area contributed by atoms with Crippen LogP contribution in [0.25, 0.3) is 11.3 Å². The fourth-order valence-electron chi connectivity index (χ4n) is 4.37. The smallest absolute Gasteiger partial charge is 0.227 e. The van der Waals surface area contributed by atoms with Gasteiger partial charge in [-0.15, -0.1) is 11.3 Å². The highest BCUT2D eigenvalue weighted by Gasteiger charge is 2.22. The van der Waals surface area contributed by atoms with Crippen LogP contribution in [0.1, 0.15) is 43.6 Å². The fraction of sp³-hybridized carbons (Fsp3) is 0.308. The molecule has 0 radical (unpaired) electrons. The molecule has 0 fully saturated rings. The summed E-state index contributed by atoms with van der Waals surface area (Å²) in [5.41, 5.74) is 5.63. The van der Waals surface area contributed by atoms with Crippen molar-refractivity contribution in [1.29, 1.82) is 0 Å². The third kappa shape index (κ3) is 5.17. The number of aryl methyl sites for hydroxylation is 2. The number of aliphatic hydroxyl groups excluding tert-OH is 1. The minimum atomic E-state index is -0.264. The molecule has 1 aromatic carbocycles. The van der Waals surface area contributed by atoms with Crippen LogP contribution in [0, 0.1) is 6.92 Å². The summed E-state index contributed by atoms with van der Waals surface area (Å²) in [6.07, 6.45) is 6.41. The maximum Gasteiger partial charge on any atom is 0.227 e. The number of Topliss-reactive ketones (excluding diaryl/α,β-unsaturated/α-hetero) is 1. The Kier molecular flexibility index (Phi) is 6.72. The zero-order chi connectivity index (χ0) is 24.4. The molecule has 3 aromatic heterocycles. The number of hydrogen-bond acceptors (Lipinski definition) is 8. The van der Waals surface area contributed by atoms with Crippen LogP contribution in [0.5, 0.6) is 0 Å². The van der Waals surface area contributed by atoms with Gasteiger partial charge in [0.05, 0.1) is 42.3 Å². The predicted molar refractivity (Wildman–Crippen MR) is 135 cm³/mol. The molecule has 8 nitrogen and oxygen atoms in total. The number of carbonyl (C=O) groups excluding carboxylic acids is 1. The topological polar surface area (TPSA) is 102 Å². The second-order valence-corrected chi connectivity index (χ2v) is 9.87. The first-order chi connectivity index (χ1) is 17.0. The van der Waals surface area contributed by atoms with E-state index in [-0.39, 0.29) is 24.7 Å². The number of ketones is 1. The lowest BCUT2D eigenvalue weighted by Gasteiger charge is -2.17. The number of nitrogens with zero attached hydrogens (tertiary/aromatic N) is 4. The van der Waals surface area contributed by atoms with E-state index in [4.69, 9.17) is 4.74 Å². The van der Waals surface area contributed by atoms with E-state index < -0.39 is 0 Å². The first-order valence-electron chi connectivity index (χ1n) is 11.5. The summed E-state index contributed by atoms with van der Waals surface area (Å²) in [6.45, 7) is 3.20. The van der Waals surface area contributed by atoms with Gasteiger partial charge in [-0.3, -0.25) is 9.48 Å². The zero-order valence-electron chi connectivity index (χ0n) is 19.7. The number of nitrogens with one attached hydrogen (secondary N) is 1. The molecule has 4 aromatic rings. The van der Waals surface area contributed by atoms with Crippen molar-refractivity contribution in [2.45, 2.75) is 32.3 Å². The summed E-state index contributed by atoms with van der Waals surface area (Å²) < 4.78 is 7.21. The number of thiophene rings is 1. The molecule has 9 heteroatoms. The molecule has 0 bridgehead atoms. The van der Waals surface area contributed by atoms with Gasteiger partial charge in [0, 0.05) is 48.6 Å². The van der Waals surface area contributed by atoms with Crippen molar-refractivity contribution in [3.8, 4) is 11.3 Å². The van der Waals surface area contributed by atoms with E-state index in [1.54, 1.807) is 28.4 Å². The van der Waals surface area contributed by atoms with Crippen molar-refractivity contribution < 1.29 is 14.6 Å². The molecule has 0 spiro atoms. The van der Waals surface area contributed by atoms with Crippen LogP contribution >= 0.6 is 11.3 Å². The van der Waals surface area contributed by atoms with E-state index in [0.29, 0.717) is 19.2 Å². The van der Waals surface area contributed by atoms with Crippen LogP contribution in [0.2, 0.25) is 0 Å². The number of benzene rings is 1. The molecule has 4 heterocycles. The average Bonchev–Trinajstić information content (AvgIpc) is 3.48. The summed E-state index contributed by atoms with van der Waals surface area (Å²) >= 11 is 1.56. The molecule has 1 unspecified atom stereocenters. The number of carbonyl (C=O) groups is 1. The van der Waals surface area contributed by atoms with Crippen LogP contribution in [-0.4, -0.2) is 43.9 Å². The Morgan fingerprint density at radius 3 is 2.94 bits per heavy atom. The quantitative estimate of drug-likeness (QED) is 0.353. The Labute approximate surface area is 207 Å². The summed E-state index contributed by atoms with van der Waals surface area (Å²) in [4.78, 5) is 23.9. The standard InChI is InChI=1S/C26H27N5O3S/c1-16-9-17(22-5-7-27-26(30-22)29-20-12-28-31(2)13-20)3-4-21(16)18(14-32)10-23(33)25-11-19-15-34-8-6-24(19)35-25/h3-5,7,9,11-13,18,32H,6,8,10,14-15H2,1-2H3,(H,27,29,30). The third-order valence-electron chi connectivity index (χ3n) is 6.18. The molecule has 1 aliphatic rings. The van der Waals surface area contributed by atoms with Gasteiger partial charge >= 0.3 is 0 Å². The number of hydrogen-bond donors (Lipinski definition) is 2. The zero-order valence-corrected chi connectivity index (χ0v) is 20.5. The van der Waals surface area contributed by atoms with Crippen molar-refractivity contribution in [3.05, 3.63) is 75.4 Å². The number of anilines is 2. The summed E-state index contributed by atoms with van der Waals surface area (Å²) in [6, 6.07) is 9.82. The van der Waals surface area contributed by atoms with E-state index in [9.17, 15) is 9.90 Å². The maximum atomic E-state index is 13.0. The van der Waals surface area contributed by atoms with Crippen LogP contribution in [0.15, 0.2) is 48.9 Å². The predicted octanol–water partition coefficient (Wildman–Crippen LogP) is 4.41. The monoisotopic (exact) mass is 489 g/mol. The maximum absolute atomic E-state index is 13.0. The number of rotatable bonds is 8. The van der Waals surface area contributed by atoms with Gasteiger partial charge in [-0.25, -0.2) is 9.97 Å². The number of aliphatic hydroxyl groups is 1. The largest absolute Gasteiger partial charge is 0.396 e. The van der Waals surface area contributed by atoms with Gasteiger partial charge in [0.2, 0.25) is 5.95 Å². The van der Waals surface area contributed by atoms with Crippen LogP contribution < -0.4 is 5.32 Å². The Bertz CT molecular complexity index is 1340. The Morgan fingerprint density at radius 1 is 1.31 bits per heavy atom. The van der Waals surface area contributed by atoms with Gasteiger partial charge in [0.15, 0.2) is 5.78 Å². The van der Waals surface area contributed by atoms with E-state index in [1.807, 2.05) is 50.5 Å². The van der Waals surface area contributed by atoms with Crippen LogP contribution in [-0.2, 0) is 24.8 Å². The molecule has 180 valence electrons. The molecule has 0 saturated carbocycles. The van der Waals surface area contributed by atoms with Gasteiger partial charge in [-0.2, -0.15) is 5.10 Å². The summed E-state index contributed by atoms with van der Waals surface area (Å²) in [5.74, 6) is 0.286. The first-order valence-corrected chi connectivity index (χ1v) is 12.3. The lowest BCUT2D eigenvalue weighted by atomic mass is 9.89. The van der Waals surface area contributed by atoms with Crippen molar-refractivity contribution >= 4 is 28.8 Å². The molecular weight excluding hydrogens is 462 g/mol. The molecule has 35 heavy (non-hydrogen) atoms. The molecule has 2 N–H and O–H groups in total. The number of ether oxygens (including phenoxy) is 1. The van der Waals surface area contributed by atoms with Gasteiger partial charge in [0.25, 0.3) is 0 Å². The lowest BCUT2D eigenvalue weighted by molar-refractivity contribution is 0.0963. The normalized spacial score (nSPS) is 13.9. The highest BCUT2D eigenvalue weighted by molar-refractivity contribution is 7.14. The minimum absolute atomic E-state index is 0.0637.